The molecule has 2 heteroatoms. The molecule has 0 aliphatic heterocycles. The Morgan fingerprint density at radius 1 is 0.917 bits per heavy atom. The second kappa shape index (κ2) is 11.3. The van der Waals surface area contributed by atoms with Crippen LogP contribution in [0.1, 0.15) is 45.4 Å². The van der Waals surface area contributed by atoms with Crippen molar-refractivity contribution in [1.82, 2.24) is 5.32 Å². The average Bonchev–Trinajstić information content (AvgIpc) is 2.10. The fourth-order valence-corrected chi connectivity index (χ4v) is 1.39. The Kier molecular flexibility index (Phi) is 11.6. The van der Waals surface area contributed by atoms with Gasteiger partial charge in [-0.2, -0.15) is 12.6 Å². The van der Waals surface area contributed by atoms with Gasteiger partial charge >= 0.3 is 0 Å². The van der Waals surface area contributed by atoms with Crippen molar-refractivity contribution in [3.05, 3.63) is 0 Å². The van der Waals surface area contributed by atoms with Gasteiger partial charge in [0.15, 0.2) is 0 Å². The Balaban J connectivity index is 2.73. The van der Waals surface area contributed by atoms with E-state index in [2.05, 4.69) is 24.9 Å². The molecule has 0 fully saturated rings. The lowest BCUT2D eigenvalue weighted by molar-refractivity contribution is 0.584. The first kappa shape index (κ1) is 12.3. The molecule has 0 bridgehead atoms. The number of rotatable bonds is 9. The van der Waals surface area contributed by atoms with Crippen LogP contribution < -0.4 is 5.32 Å². The number of thiol groups is 1. The van der Waals surface area contributed by atoms with Crippen molar-refractivity contribution < 1.29 is 0 Å². The van der Waals surface area contributed by atoms with Crippen molar-refractivity contribution in [1.29, 1.82) is 0 Å². The highest BCUT2D eigenvalue weighted by molar-refractivity contribution is 7.80. The summed E-state index contributed by atoms with van der Waals surface area (Å²) in [6.45, 7) is 4.64. The van der Waals surface area contributed by atoms with Crippen molar-refractivity contribution in [2.75, 3.05) is 18.8 Å². The zero-order valence-corrected chi connectivity index (χ0v) is 9.21. The zero-order chi connectivity index (χ0) is 9.07. The first-order valence-corrected chi connectivity index (χ1v) is 5.86. The predicted octanol–water partition coefficient (Wildman–Crippen LogP) is 2.87. The van der Waals surface area contributed by atoms with E-state index in [1.54, 1.807) is 0 Å². The highest BCUT2D eigenvalue weighted by Crippen LogP contribution is 1.96. The van der Waals surface area contributed by atoms with Gasteiger partial charge in [-0.1, -0.05) is 26.2 Å². The zero-order valence-electron chi connectivity index (χ0n) is 8.31. The van der Waals surface area contributed by atoms with Gasteiger partial charge in [0.25, 0.3) is 0 Å². The Labute approximate surface area is 82.7 Å². The minimum absolute atomic E-state index is 1.04. The van der Waals surface area contributed by atoms with E-state index in [0.717, 1.165) is 5.75 Å². The van der Waals surface area contributed by atoms with Crippen LogP contribution in [-0.4, -0.2) is 18.8 Å². The van der Waals surface area contributed by atoms with Crippen LogP contribution in [0.25, 0.3) is 0 Å². The van der Waals surface area contributed by atoms with Crippen LogP contribution in [0.5, 0.6) is 0 Å². The standard InChI is InChI=1S/C10H23NS/c1-2-3-5-8-11-9-6-4-7-10-12/h11-12H,2-10H2,1H3. The highest BCUT2D eigenvalue weighted by Gasteiger charge is 1.88. The van der Waals surface area contributed by atoms with Crippen molar-refractivity contribution in [3.63, 3.8) is 0 Å². The van der Waals surface area contributed by atoms with Gasteiger partial charge in [-0.3, -0.25) is 0 Å². The molecule has 12 heavy (non-hydrogen) atoms. The second-order valence-electron chi connectivity index (χ2n) is 3.24. The molecule has 0 aromatic carbocycles. The highest BCUT2D eigenvalue weighted by atomic mass is 32.1. The van der Waals surface area contributed by atoms with Crippen LogP contribution in [0.15, 0.2) is 0 Å². The van der Waals surface area contributed by atoms with Crippen LogP contribution in [0, 0.1) is 0 Å². The molecule has 0 amide bonds. The summed E-state index contributed by atoms with van der Waals surface area (Å²) in [4.78, 5) is 0. The molecule has 0 heterocycles. The monoisotopic (exact) mass is 189 g/mol. The largest absolute Gasteiger partial charge is 0.317 e. The van der Waals surface area contributed by atoms with Crippen molar-refractivity contribution in [3.8, 4) is 0 Å². The maximum Gasteiger partial charge on any atom is -0.00489 e. The van der Waals surface area contributed by atoms with Gasteiger partial charge in [0.2, 0.25) is 0 Å². The number of hydrogen-bond donors (Lipinski definition) is 2. The molecule has 1 nitrogen and oxygen atoms in total. The Morgan fingerprint density at radius 3 is 2.17 bits per heavy atom. The first-order valence-electron chi connectivity index (χ1n) is 5.23. The molecule has 1 N–H and O–H groups in total. The number of nitrogens with one attached hydrogen (secondary N) is 1. The lowest BCUT2D eigenvalue weighted by Crippen LogP contribution is -2.16. The van der Waals surface area contributed by atoms with Gasteiger partial charge < -0.3 is 5.32 Å². The fourth-order valence-electron chi connectivity index (χ4n) is 1.16. The molecular weight excluding hydrogens is 166 g/mol. The quantitative estimate of drug-likeness (QED) is 0.420. The summed E-state index contributed by atoms with van der Waals surface area (Å²) in [5.74, 6) is 1.04. The maximum absolute atomic E-state index is 4.17. The van der Waals surface area contributed by atoms with Gasteiger partial charge in [-0.05, 0) is 38.1 Å². The van der Waals surface area contributed by atoms with Gasteiger partial charge in [0.05, 0.1) is 0 Å². The van der Waals surface area contributed by atoms with Gasteiger partial charge in [0, 0.05) is 0 Å². The Morgan fingerprint density at radius 2 is 1.58 bits per heavy atom. The van der Waals surface area contributed by atoms with E-state index in [4.69, 9.17) is 0 Å². The van der Waals surface area contributed by atoms with Gasteiger partial charge in [-0.15, -0.1) is 0 Å². The summed E-state index contributed by atoms with van der Waals surface area (Å²) in [5.41, 5.74) is 0. The van der Waals surface area contributed by atoms with Crippen LogP contribution in [0.3, 0.4) is 0 Å². The predicted molar refractivity (Wildman–Crippen MR) is 60.1 cm³/mol. The number of unbranched alkanes of at least 4 members (excludes halogenated alkanes) is 4. The van der Waals surface area contributed by atoms with Gasteiger partial charge in [-0.25, -0.2) is 0 Å². The molecule has 74 valence electrons. The van der Waals surface area contributed by atoms with E-state index in [1.807, 2.05) is 0 Å². The average molecular weight is 189 g/mol. The van der Waals surface area contributed by atoms with Crippen molar-refractivity contribution in [2.45, 2.75) is 45.4 Å². The van der Waals surface area contributed by atoms with Crippen LogP contribution in [0.2, 0.25) is 0 Å². The summed E-state index contributed by atoms with van der Waals surface area (Å²) in [7, 11) is 0. The van der Waals surface area contributed by atoms with Crippen molar-refractivity contribution in [2.24, 2.45) is 0 Å². The second-order valence-corrected chi connectivity index (χ2v) is 3.69. The van der Waals surface area contributed by atoms with Crippen LogP contribution >= 0.6 is 12.6 Å². The molecule has 0 aromatic heterocycles. The Hall–Kier alpha value is 0.310. The summed E-state index contributed by atoms with van der Waals surface area (Å²) in [5, 5.41) is 3.45. The molecule has 0 atom stereocenters. The maximum atomic E-state index is 4.17. The lowest BCUT2D eigenvalue weighted by Gasteiger charge is -2.02. The minimum atomic E-state index is 1.04. The molecule has 0 radical (unpaired) electrons. The van der Waals surface area contributed by atoms with Gasteiger partial charge in [0.1, 0.15) is 0 Å². The third kappa shape index (κ3) is 10.3. The molecule has 0 saturated heterocycles. The smallest absolute Gasteiger partial charge is 0.00489 e. The number of hydrogen-bond acceptors (Lipinski definition) is 2. The molecule has 0 rings (SSSR count). The lowest BCUT2D eigenvalue weighted by atomic mass is 10.2. The molecule has 0 unspecified atom stereocenters. The summed E-state index contributed by atoms with van der Waals surface area (Å²) in [6.07, 6.45) is 7.92. The van der Waals surface area contributed by atoms with Crippen LogP contribution in [-0.2, 0) is 0 Å². The molecule has 0 aromatic rings. The molecule has 0 aliphatic carbocycles. The Bertz CT molecular complexity index is 66.2. The van der Waals surface area contributed by atoms with E-state index in [9.17, 15) is 0 Å². The van der Waals surface area contributed by atoms with E-state index >= 15 is 0 Å². The topological polar surface area (TPSA) is 12.0 Å². The van der Waals surface area contributed by atoms with E-state index in [-0.39, 0.29) is 0 Å². The molecule has 0 spiro atoms. The normalized spacial score (nSPS) is 10.5. The summed E-state index contributed by atoms with van der Waals surface area (Å²) >= 11 is 4.17. The SMILES string of the molecule is CCCCCNCCCCCS. The van der Waals surface area contributed by atoms with Crippen LogP contribution in [0.4, 0.5) is 0 Å². The fraction of sp³-hybridized carbons (Fsp3) is 1.00. The first-order chi connectivity index (χ1) is 5.91. The van der Waals surface area contributed by atoms with E-state index in [0.29, 0.717) is 0 Å². The minimum Gasteiger partial charge on any atom is -0.317 e. The third-order valence-electron chi connectivity index (χ3n) is 1.97. The summed E-state index contributed by atoms with van der Waals surface area (Å²) in [6, 6.07) is 0. The van der Waals surface area contributed by atoms with Crippen molar-refractivity contribution >= 4 is 12.6 Å². The third-order valence-corrected chi connectivity index (χ3v) is 2.29. The molecule has 0 saturated carbocycles. The molecule has 0 aliphatic rings. The van der Waals surface area contributed by atoms with E-state index in [1.165, 1.54) is 51.6 Å². The summed E-state index contributed by atoms with van der Waals surface area (Å²) < 4.78 is 0. The van der Waals surface area contributed by atoms with E-state index < -0.39 is 0 Å². The molecular formula is C10H23NS.